The molecule has 18 heavy (non-hydrogen) atoms. The quantitative estimate of drug-likeness (QED) is 0.691. The minimum Gasteiger partial charge on any atom is -0.479 e. The first-order valence-electron chi connectivity index (χ1n) is 5.29. The van der Waals surface area contributed by atoms with Crippen molar-refractivity contribution in [3.63, 3.8) is 0 Å². The summed E-state index contributed by atoms with van der Waals surface area (Å²) in [5, 5.41) is 4.18. The molecule has 0 aromatic carbocycles. The summed E-state index contributed by atoms with van der Waals surface area (Å²) in [5.74, 6) is -0.276. The molecule has 0 aliphatic heterocycles. The van der Waals surface area contributed by atoms with Crippen molar-refractivity contribution in [3.8, 4) is 17.3 Å². The highest BCUT2D eigenvalue weighted by Crippen LogP contribution is 2.23. The molecule has 0 fully saturated rings. The van der Waals surface area contributed by atoms with Crippen LogP contribution in [-0.4, -0.2) is 26.7 Å². The lowest BCUT2D eigenvalue weighted by Gasteiger charge is -2.02. The second-order valence-electron chi connectivity index (χ2n) is 3.64. The van der Waals surface area contributed by atoms with Crippen molar-refractivity contribution in [3.05, 3.63) is 42.6 Å². The molecule has 0 bridgehead atoms. The average molecular weight is 244 g/mol. The Kier molecular flexibility index (Phi) is 2.40. The van der Waals surface area contributed by atoms with Crippen molar-refractivity contribution in [2.75, 3.05) is 7.11 Å². The van der Waals surface area contributed by atoms with E-state index in [2.05, 4.69) is 15.1 Å². The molecule has 0 aliphatic carbocycles. The molecule has 90 valence electrons. The van der Waals surface area contributed by atoms with Gasteiger partial charge in [0.25, 0.3) is 5.88 Å². The van der Waals surface area contributed by atoms with Crippen LogP contribution in [-0.2, 0) is 0 Å². The molecule has 0 saturated carbocycles. The number of hydrogen-bond acceptors (Lipinski definition) is 4. The van der Waals surface area contributed by atoms with Gasteiger partial charge < -0.3 is 4.74 Å². The molecule has 3 heterocycles. The van der Waals surface area contributed by atoms with E-state index in [0.717, 1.165) is 17.3 Å². The second kappa shape index (κ2) is 4.06. The lowest BCUT2D eigenvalue weighted by Crippen LogP contribution is -1.96. The van der Waals surface area contributed by atoms with E-state index in [4.69, 9.17) is 4.74 Å². The molecular weight excluding hydrogens is 235 g/mol. The molecule has 0 aliphatic rings. The van der Waals surface area contributed by atoms with Gasteiger partial charge in [-0.05, 0) is 12.1 Å². The van der Waals surface area contributed by atoms with Gasteiger partial charge in [0.1, 0.15) is 0 Å². The first-order valence-corrected chi connectivity index (χ1v) is 5.29. The Morgan fingerprint density at radius 3 is 3.00 bits per heavy atom. The molecular formula is C12H9FN4O. The fourth-order valence-corrected chi connectivity index (χ4v) is 1.73. The molecule has 3 aromatic rings. The summed E-state index contributed by atoms with van der Waals surface area (Å²) >= 11 is 0. The first kappa shape index (κ1) is 10.6. The van der Waals surface area contributed by atoms with E-state index in [-0.39, 0.29) is 5.88 Å². The van der Waals surface area contributed by atoms with Crippen LogP contribution in [0.15, 0.2) is 36.8 Å². The van der Waals surface area contributed by atoms with Gasteiger partial charge in [-0.1, -0.05) is 6.07 Å². The predicted octanol–water partition coefficient (Wildman–Crippen LogP) is 1.94. The average Bonchev–Trinajstić information content (AvgIpc) is 2.83. The standard InChI is InChI=1S/C12H9FN4O/c1-18-12-9(13)7-14-11(16-12)8-6-15-17-5-3-2-4-10(8)17/h2-7H,1H3. The summed E-state index contributed by atoms with van der Waals surface area (Å²) in [4.78, 5) is 7.98. The lowest BCUT2D eigenvalue weighted by atomic mass is 10.2. The van der Waals surface area contributed by atoms with Crippen molar-refractivity contribution in [2.45, 2.75) is 0 Å². The Morgan fingerprint density at radius 1 is 1.28 bits per heavy atom. The number of hydrogen-bond donors (Lipinski definition) is 0. The smallest absolute Gasteiger partial charge is 0.253 e. The van der Waals surface area contributed by atoms with Crippen LogP contribution in [0.25, 0.3) is 16.9 Å². The molecule has 0 amide bonds. The summed E-state index contributed by atoms with van der Waals surface area (Å²) in [6.45, 7) is 0. The normalized spacial score (nSPS) is 10.8. The number of pyridine rings is 1. The van der Waals surface area contributed by atoms with Crippen LogP contribution in [0.4, 0.5) is 4.39 Å². The number of fused-ring (bicyclic) bond motifs is 1. The third kappa shape index (κ3) is 1.58. The van der Waals surface area contributed by atoms with Gasteiger partial charge in [0.2, 0.25) is 5.82 Å². The van der Waals surface area contributed by atoms with Gasteiger partial charge in [-0.3, -0.25) is 0 Å². The van der Waals surface area contributed by atoms with E-state index >= 15 is 0 Å². The van der Waals surface area contributed by atoms with Crippen LogP contribution < -0.4 is 4.74 Å². The number of nitrogens with zero attached hydrogens (tertiary/aromatic N) is 4. The monoisotopic (exact) mass is 244 g/mol. The summed E-state index contributed by atoms with van der Waals surface area (Å²) in [7, 11) is 1.37. The maximum atomic E-state index is 13.3. The molecule has 3 aromatic heterocycles. The Balaban J connectivity index is 2.20. The zero-order chi connectivity index (χ0) is 12.5. The van der Waals surface area contributed by atoms with Gasteiger partial charge >= 0.3 is 0 Å². The van der Waals surface area contributed by atoms with Crippen LogP contribution >= 0.6 is 0 Å². The number of rotatable bonds is 2. The Hall–Kier alpha value is -2.50. The van der Waals surface area contributed by atoms with Crippen LogP contribution in [0.3, 0.4) is 0 Å². The fourth-order valence-electron chi connectivity index (χ4n) is 1.73. The van der Waals surface area contributed by atoms with Crippen LogP contribution in [0.2, 0.25) is 0 Å². The summed E-state index contributed by atoms with van der Waals surface area (Å²) in [6, 6.07) is 5.65. The van der Waals surface area contributed by atoms with Crippen LogP contribution in [0, 0.1) is 5.82 Å². The number of halogens is 1. The van der Waals surface area contributed by atoms with E-state index in [0.29, 0.717) is 5.82 Å². The lowest BCUT2D eigenvalue weighted by molar-refractivity contribution is 0.368. The first-order chi connectivity index (χ1) is 8.79. The maximum absolute atomic E-state index is 13.3. The molecule has 0 spiro atoms. The maximum Gasteiger partial charge on any atom is 0.253 e. The summed E-state index contributed by atoms with van der Waals surface area (Å²) in [5.41, 5.74) is 1.58. The molecule has 0 N–H and O–H groups in total. The Labute approximate surface area is 102 Å². The van der Waals surface area contributed by atoms with Crippen molar-refractivity contribution in [2.24, 2.45) is 0 Å². The van der Waals surface area contributed by atoms with Crippen molar-refractivity contribution < 1.29 is 9.13 Å². The minimum atomic E-state index is -0.585. The molecule has 0 unspecified atom stereocenters. The number of methoxy groups -OCH3 is 1. The molecule has 0 radical (unpaired) electrons. The number of aromatic nitrogens is 4. The second-order valence-corrected chi connectivity index (χ2v) is 3.64. The van der Waals surface area contributed by atoms with Gasteiger partial charge in [-0.2, -0.15) is 14.5 Å². The van der Waals surface area contributed by atoms with Gasteiger partial charge in [-0.15, -0.1) is 0 Å². The highest BCUT2D eigenvalue weighted by molar-refractivity contribution is 5.75. The summed E-state index contributed by atoms with van der Waals surface area (Å²) < 4.78 is 19.8. The molecule has 0 atom stereocenters. The van der Waals surface area contributed by atoms with E-state index in [9.17, 15) is 4.39 Å². The van der Waals surface area contributed by atoms with Crippen molar-refractivity contribution in [1.82, 2.24) is 19.6 Å². The van der Waals surface area contributed by atoms with Crippen molar-refractivity contribution >= 4 is 5.52 Å². The van der Waals surface area contributed by atoms with Gasteiger partial charge in [-0.25, -0.2) is 9.50 Å². The summed E-state index contributed by atoms with van der Waals surface area (Å²) in [6.07, 6.45) is 4.55. The van der Waals surface area contributed by atoms with Crippen LogP contribution in [0.1, 0.15) is 0 Å². The van der Waals surface area contributed by atoms with E-state index < -0.39 is 5.82 Å². The highest BCUT2D eigenvalue weighted by atomic mass is 19.1. The van der Waals surface area contributed by atoms with E-state index in [1.807, 2.05) is 24.4 Å². The highest BCUT2D eigenvalue weighted by Gasteiger charge is 2.12. The van der Waals surface area contributed by atoms with Gasteiger partial charge in [0.15, 0.2) is 5.82 Å². The third-order valence-electron chi connectivity index (χ3n) is 2.57. The topological polar surface area (TPSA) is 52.3 Å². The van der Waals surface area contributed by atoms with Gasteiger partial charge in [0, 0.05) is 6.20 Å². The van der Waals surface area contributed by atoms with Crippen LogP contribution in [0.5, 0.6) is 5.88 Å². The Morgan fingerprint density at radius 2 is 2.17 bits per heavy atom. The molecule has 6 heteroatoms. The van der Waals surface area contributed by atoms with Gasteiger partial charge in [0.05, 0.1) is 30.6 Å². The molecule has 5 nitrogen and oxygen atoms in total. The molecule has 3 rings (SSSR count). The largest absolute Gasteiger partial charge is 0.479 e. The van der Waals surface area contributed by atoms with E-state index in [1.54, 1.807) is 10.7 Å². The zero-order valence-electron chi connectivity index (χ0n) is 9.54. The zero-order valence-corrected chi connectivity index (χ0v) is 9.54. The number of ether oxygens (including phenoxy) is 1. The predicted molar refractivity (Wildman–Crippen MR) is 62.7 cm³/mol. The minimum absolute atomic E-state index is 0.0738. The molecule has 0 saturated heterocycles. The van der Waals surface area contributed by atoms with Crippen molar-refractivity contribution in [1.29, 1.82) is 0 Å². The SMILES string of the molecule is COc1nc(-c2cnn3ccccc23)ncc1F. The fraction of sp³-hybridized carbons (Fsp3) is 0.0833. The van der Waals surface area contributed by atoms with E-state index in [1.165, 1.54) is 7.11 Å². The third-order valence-corrected chi connectivity index (χ3v) is 2.57. The Bertz CT molecular complexity index is 710.